The lowest BCUT2D eigenvalue weighted by Gasteiger charge is -2.45. The molecule has 9 heterocycles. The van der Waals surface area contributed by atoms with Crippen LogP contribution in [0.15, 0.2) is 140 Å². The van der Waals surface area contributed by atoms with Gasteiger partial charge in [0.1, 0.15) is 144 Å². The van der Waals surface area contributed by atoms with Crippen molar-refractivity contribution in [1.29, 1.82) is 0 Å². The number of fused-ring (bicyclic) bond motifs is 15. The maximum atomic E-state index is 16.8. The van der Waals surface area contributed by atoms with Gasteiger partial charge >= 0.3 is 5.97 Å². The Kier molecular flexibility index (Phi) is 27.7. The summed E-state index contributed by atoms with van der Waals surface area (Å²) >= 11 is 7.44. The van der Waals surface area contributed by atoms with Crippen LogP contribution in [0.3, 0.4) is 0 Å². The van der Waals surface area contributed by atoms with Crippen LogP contribution in [0.25, 0.3) is 11.1 Å². The maximum Gasteiger partial charge on any atom is 0.330 e. The van der Waals surface area contributed by atoms with Gasteiger partial charge in [-0.1, -0.05) is 78.3 Å². The molecule has 42 heteroatoms. The first kappa shape index (κ1) is 91.1. The number of carbonyl (C=O) groups is 7. The summed E-state index contributed by atoms with van der Waals surface area (Å²) in [7, 11) is 1.37. The SMILES string of the molecule is CO[C@H]1[C@H](C)O[C@@H](OC2c3ccc(c(Cl)c3)Oc3cc4cc(c3O[C@@H]3O[C@H](CO)[C@@H](O)[C@H](O)[C@H]3O[C@@H]3O[C@@H](C)[C@H](O)[C@@H](O)[C@H]3O)Oc3ccc(cc3)C(O)C(NC(=O)C(N)c3ccc(O)cc3)C(=O)NC(Cc3ccccc3)C(=O)NC4C(=O)NC3C(=O)NC2C(=O)NC(C(=O)O)c2cc(O)cc(O[C@@H]4O[C@@H](CO)[C@H](O)[C@@H](O)[C@H]4O)c2-c2cc3ccc2O)C[C@@H]1N. The van der Waals surface area contributed by atoms with Gasteiger partial charge in [0.05, 0.1) is 36.5 Å². The number of amides is 6. The number of phenols is 3. The van der Waals surface area contributed by atoms with Gasteiger partial charge in [-0.3, -0.25) is 28.8 Å². The molecule has 0 aliphatic carbocycles. The predicted octanol–water partition coefficient (Wildman–Crippen LogP) is -1.82. The highest BCUT2D eigenvalue weighted by Gasteiger charge is 2.53. The van der Waals surface area contributed by atoms with Crippen LogP contribution in [0, 0.1) is 0 Å². The molecule has 0 radical (unpaired) electrons. The molecule has 11 bridgehead atoms. The molecular formula is C84H93ClN8O33. The molecule has 9 aliphatic heterocycles. The fourth-order valence-corrected chi connectivity index (χ4v) is 16.2. The van der Waals surface area contributed by atoms with E-state index >= 15 is 24.0 Å². The van der Waals surface area contributed by atoms with Crippen molar-refractivity contribution >= 4 is 53.0 Å². The number of carbonyl (C=O) groups excluding carboxylic acids is 6. The first-order valence-corrected chi connectivity index (χ1v) is 40.1. The van der Waals surface area contributed by atoms with E-state index in [9.17, 15) is 86.2 Å². The number of aliphatic hydroxyl groups is 11. The van der Waals surface area contributed by atoms with Crippen molar-refractivity contribution in [2.75, 3.05) is 20.3 Å². The molecule has 6 amide bonds. The molecule has 4 fully saturated rings. The van der Waals surface area contributed by atoms with Crippen molar-refractivity contribution in [2.45, 2.75) is 198 Å². The van der Waals surface area contributed by atoms with E-state index < -0.39 is 305 Å². The summed E-state index contributed by atoms with van der Waals surface area (Å²) in [5.74, 6) is -15.1. The average Bonchev–Trinajstić information content (AvgIpc) is 0.753. The van der Waals surface area contributed by atoms with Crippen molar-refractivity contribution < 1.29 is 162 Å². The number of benzene rings is 7. The Morgan fingerprint density at radius 1 is 0.563 bits per heavy atom. The van der Waals surface area contributed by atoms with E-state index in [1.807, 2.05) is 0 Å². The van der Waals surface area contributed by atoms with Crippen LogP contribution in [0.1, 0.15) is 95.6 Å². The monoisotopic (exact) mass is 1780 g/mol. The Bertz CT molecular complexity index is 5150. The van der Waals surface area contributed by atoms with E-state index in [1.54, 1.807) is 37.3 Å². The number of phenolic OH excluding ortho intramolecular Hbond substituents is 3. The van der Waals surface area contributed by atoms with E-state index in [0.717, 1.165) is 48.5 Å². The molecule has 16 rings (SSSR count). The van der Waals surface area contributed by atoms with E-state index in [1.165, 1.54) is 74.7 Å². The number of aliphatic hydroxyl groups excluding tert-OH is 11. The van der Waals surface area contributed by atoms with Crippen LogP contribution in [-0.4, -0.2) is 273 Å². The Morgan fingerprint density at radius 3 is 1.86 bits per heavy atom. The number of aliphatic carboxylic acids is 1. The minimum atomic E-state index is -2.44. The van der Waals surface area contributed by atoms with Crippen LogP contribution in [0.2, 0.25) is 5.02 Å². The maximum absolute atomic E-state index is 16.8. The average molecular weight is 1780 g/mol. The van der Waals surface area contributed by atoms with E-state index in [-0.39, 0.29) is 34.6 Å². The summed E-state index contributed by atoms with van der Waals surface area (Å²) < 4.78 is 69.1. The van der Waals surface area contributed by atoms with Gasteiger partial charge < -0.3 is 172 Å². The smallest absolute Gasteiger partial charge is 0.330 e. The van der Waals surface area contributed by atoms with E-state index in [2.05, 4.69) is 31.9 Å². The predicted molar refractivity (Wildman–Crippen MR) is 427 cm³/mol. The van der Waals surface area contributed by atoms with Gasteiger partial charge in [-0.05, 0) is 114 Å². The number of methoxy groups -OCH3 is 1. The zero-order valence-electron chi connectivity index (χ0n) is 66.9. The Balaban J connectivity index is 1.01. The Labute approximate surface area is 720 Å². The lowest BCUT2D eigenvalue weighted by Crippen LogP contribution is -2.64. The highest BCUT2D eigenvalue weighted by atomic mass is 35.5. The molecule has 7 aromatic rings. The first-order valence-electron chi connectivity index (χ1n) is 39.8. The molecule has 126 heavy (non-hydrogen) atoms. The third-order valence-electron chi connectivity index (χ3n) is 22.8. The number of rotatable bonds is 17. The van der Waals surface area contributed by atoms with Gasteiger partial charge in [0.15, 0.2) is 36.2 Å². The largest absolute Gasteiger partial charge is 0.508 e. The topological polar surface area (TPSA) is 649 Å². The highest BCUT2D eigenvalue weighted by molar-refractivity contribution is 6.32. The molecule has 9 unspecified atom stereocenters. The number of aromatic hydroxyl groups is 3. The number of nitrogens with one attached hydrogen (secondary N) is 6. The molecule has 7 aromatic carbocycles. The molecule has 0 saturated carbocycles. The molecule has 4 saturated heterocycles. The second kappa shape index (κ2) is 38.2. The summed E-state index contributed by atoms with van der Waals surface area (Å²) in [6, 6.07) is 12.4. The summed E-state index contributed by atoms with van der Waals surface area (Å²) in [5, 5.41) is 184. The van der Waals surface area contributed by atoms with Gasteiger partial charge in [-0.15, -0.1) is 0 Å². The van der Waals surface area contributed by atoms with Gasteiger partial charge in [-0.25, -0.2) is 4.79 Å². The highest BCUT2D eigenvalue weighted by Crippen LogP contribution is 2.50. The second-order valence-electron chi connectivity index (χ2n) is 31.2. The molecule has 25 N–H and O–H groups in total. The van der Waals surface area contributed by atoms with Crippen LogP contribution >= 0.6 is 11.6 Å². The molecule has 28 atom stereocenters. The van der Waals surface area contributed by atoms with E-state index in [0.29, 0.717) is 5.56 Å². The van der Waals surface area contributed by atoms with Gasteiger partial charge in [0.25, 0.3) is 0 Å². The number of hydrogen-bond donors (Lipinski definition) is 23. The van der Waals surface area contributed by atoms with Crippen LogP contribution in [-0.2, 0) is 73.1 Å². The summed E-state index contributed by atoms with van der Waals surface area (Å²) in [6.45, 7) is 0.844. The number of ether oxygens (including phenoxy) is 11. The zero-order valence-corrected chi connectivity index (χ0v) is 67.6. The first-order chi connectivity index (χ1) is 60.1. The van der Waals surface area contributed by atoms with Gasteiger partial charge in [0.2, 0.25) is 53.8 Å². The molecule has 41 nitrogen and oxygen atoms in total. The molecule has 9 aliphatic rings. The standard InChI is InChI=1S/C84H93ClN8O33/c1-31-62(99)66(103)69(106)82(118-31)126-74-68(105)65(102)53(30-95)123-84(74)125-73-50-24-38-25-51(73)120-48-20-14-37(23-44(48)85)72(124-54-28-45(86)71(116-3)32(2)117-54)61-80(113)91-59(81(114)115)43-26-40(97)27-49(121-83-70(107)67(104)64(101)52(29-94)122-83)55(43)42-22-36(13-19-47(42)98)57(77(110)93-61)90-78(111)58(38)89-75(108)46(21-33-7-5-4-6-8-33)88-79(112)60(63(100)35-11-17-41(119-50)18-12-35)92-76(109)56(87)34-9-15-39(96)16-10-34/h4-20,22-27,31-32,45-46,52-54,56-72,74,82-84,94-107H,21,28-30,86-87H2,1-3H3,(H,88,112)(H,89,108)(H,90,111)(H,91,113)(H,92,109)(H,93,110)(H,114,115)/t31-,32-,45-,46?,52-,53+,54-,56?,57?,58?,59?,60?,61?,62-,63?,64-,65+,66+,67+,68-,69+,70+,71-,72?,74+,82-,83+,84-/m0/s1. The van der Waals surface area contributed by atoms with Crippen LogP contribution in [0.4, 0.5) is 0 Å². The fraction of sp³-hybridized carbons (Fsp3) is 0.417. The van der Waals surface area contributed by atoms with Crippen molar-refractivity contribution in [3.05, 3.63) is 183 Å². The van der Waals surface area contributed by atoms with Crippen molar-refractivity contribution in [3.63, 3.8) is 0 Å². The third-order valence-corrected chi connectivity index (χ3v) is 23.1. The van der Waals surface area contributed by atoms with E-state index in [4.69, 9.17) is 75.2 Å². The van der Waals surface area contributed by atoms with Crippen LogP contribution in [0.5, 0.6) is 51.7 Å². The molecule has 674 valence electrons. The second-order valence-corrected chi connectivity index (χ2v) is 31.7. The summed E-state index contributed by atoms with van der Waals surface area (Å²) in [5.41, 5.74) is 10.6. The lowest BCUT2D eigenvalue weighted by molar-refractivity contribution is -0.354. The van der Waals surface area contributed by atoms with Gasteiger partial charge in [0, 0.05) is 48.8 Å². The Hall–Kier alpha value is -11.1. The zero-order chi connectivity index (χ0) is 90.3. The number of halogens is 1. The quantitative estimate of drug-likeness (QED) is 0.0477. The molecule has 0 aromatic heterocycles. The lowest BCUT2D eigenvalue weighted by atomic mass is 9.89. The normalized spacial score (nSPS) is 32.6. The Morgan fingerprint density at radius 2 is 1.19 bits per heavy atom. The third kappa shape index (κ3) is 19.0. The minimum absolute atomic E-state index is 0.110. The number of nitrogens with two attached hydrogens (primary N) is 2. The number of hydrogen-bond acceptors (Lipinski definition) is 34. The number of carboxylic acids is 1. The van der Waals surface area contributed by atoms with Crippen molar-refractivity contribution in [3.8, 4) is 62.9 Å². The van der Waals surface area contributed by atoms with Gasteiger partial charge in [-0.2, -0.15) is 0 Å². The van der Waals surface area contributed by atoms with Crippen molar-refractivity contribution in [1.82, 2.24) is 31.9 Å². The summed E-state index contributed by atoms with van der Waals surface area (Å²) in [6.07, 6.45) is -37.5. The van der Waals surface area contributed by atoms with Crippen LogP contribution < -0.4 is 62.3 Å². The summed E-state index contributed by atoms with van der Waals surface area (Å²) in [4.78, 5) is 110. The molecule has 0 spiro atoms. The molecular weight excluding hydrogens is 1680 g/mol. The number of carboxylic acid groups (broad SMARTS) is 1. The fourth-order valence-electron chi connectivity index (χ4n) is 15.9. The van der Waals surface area contributed by atoms with Crippen molar-refractivity contribution in [2.24, 2.45) is 11.5 Å². The minimum Gasteiger partial charge on any atom is -0.508 e.